The monoisotopic (exact) mass is 553 g/mol. The molecule has 13 heteroatoms. The van der Waals surface area contributed by atoms with Crippen molar-refractivity contribution in [2.45, 2.75) is 37.9 Å². The van der Waals surface area contributed by atoms with Gasteiger partial charge in [0.1, 0.15) is 17.5 Å². The number of hydrogen-bond donors (Lipinski definition) is 3. The Kier molecular flexibility index (Phi) is 9.60. The van der Waals surface area contributed by atoms with Crippen LogP contribution < -0.4 is 15.5 Å². The highest BCUT2D eigenvalue weighted by Gasteiger charge is 2.38. The SMILES string of the molecule is CN(C)c1nc(NC2CCC(CNC(=O)c3cc(F)cc(F)c3)CC2)nc2ccccc12.O=C(O)C(F)(F)F. The molecule has 1 saturated carbocycles. The fourth-order valence-electron chi connectivity index (χ4n) is 4.18. The number of carboxylic acid groups (broad SMARTS) is 1. The van der Waals surface area contributed by atoms with Gasteiger partial charge in [-0.25, -0.2) is 18.6 Å². The van der Waals surface area contributed by atoms with Crippen LogP contribution in [0.1, 0.15) is 36.0 Å². The molecule has 39 heavy (non-hydrogen) atoms. The van der Waals surface area contributed by atoms with Gasteiger partial charge in [0.25, 0.3) is 5.91 Å². The molecule has 1 fully saturated rings. The van der Waals surface area contributed by atoms with Gasteiger partial charge in [0.2, 0.25) is 5.95 Å². The Labute approximate surface area is 221 Å². The van der Waals surface area contributed by atoms with Crippen molar-refractivity contribution in [2.24, 2.45) is 5.92 Å². The molecule has 0 atom stereocenters. The van der Waals surface area contributed by atoms with Crippen molar-refractivity contribution in [1.29, 1.82) is 0 Å². The Morgan fingerprint density at radius 1 is 1.00 bits per heavy atom. The largest absolute Gasteiger partial charge is 0.490 e. The molecule has 210 valence electrons. The van der Waals surface area contributed by atoms with E-state index < -0.39 is 29.7 Å². The first-order valence-corrected chi connectivity index (χ1v) is 12.1. The van der Waals surface area contributed by atoms with E-state index in [1.807, 2.05) is 43.3 Å². The summed E-state index contributed by atoms with van der Waals surface area (Å²) >= 11 is 0. The summed E-state index contributed by atoms with van der Waals surface area (Å²) in [6.45, 7) is 0.487. The third kappa shape index (κ3) is 8.48. The van der Waals surface area contributed by atoms with Crippen LogP contribution in [0.2, 0.25) is 0 Å². The summed E-state index contributed by atoms with van der Waals surface area (Å²) in [6.07, 6.45) is -1.35. The summed E-state index contributed by atoms with van der Waals surface area (Å²) in [5, 5.41) is 14.4. The van der Waals surface area contributed by atoms with Crippen LogP contribution in [-0.4, -0.2) is 59.8 Å². The molecular formula is C26H28F5N5O3. The second kappa shape index (κ2) is 12.7. The summed E-state index contributed by atoms with van der Waals surface area (Å²) in [7, 11) is 3.94. The summed E-state index contributed by atoms with van der Waals surface area (Å²) in [5.74, 6) is -2.90. The number of anilines is 2. The van der Waals surface area contributed by atoms with E-state index in [0.29, 0.717) is 18.4 Å². The smallest absolute Gasteiger partial charge is 0.475 e. The first-order chi connectivity index (χ1) is 18.3. The zero-order valence-electron chi connectivity index (χ0n) is 21.2. The van der Waals surface area contributed by atoms with E-state index in [1.165, 1.54) is 0 Å². The van der Waals surface area contributed by atoms with Crippen LogP contribution in [0.25, 0.3) is 10.9 Å². The van der Waals surface area contributed by atoms with Crippen LogP contribution in [0.15, 0.2) is 42.5 Å². The maximum Gasteiger partial charge on any atom is 0.490 e. The molecule has 4 rings (SSSR count). The Balaban J connectivity index is 0.000000532. The lowest BCUT2D eigenvalue weighted by Crippen LogP contribution is -2.34. The highest BCUT2D eigenvalue weighted by atomic mass is 19.4. The van der Waals surface area contributed by atoms with Crippen molar-refractivity contribution >= 4 is 34.5 Å². The topological polar surface area (TPSA) is 107 Å². The second-order valence-corrected chi connectivity index (χ2v) is 9.32. The Morgan fingerprint density at radius 2 is 1.59 bits per heavy atom. The van der Waals surface area contributed by atoms with Crippen molar-refractivity contribution in [2.75, 3.05) is 30.9 Å². The first-order valence-electron chi connectivity index (χ1n) is 12.1. The summed E-state index contributed by atoms with van der Waals surface area (Å²) in [5.41, 5.74) is 0.905. The molecule has 2 aromatic carbocycles. The lowest BCUT2D eigenvalue weighted by Gasteiger charge is -2.29. The van der Waals surface area contributed by atoms with Crippen molar-refractivity contribution in [3.8, 4) is 0 Å². The number of aromatic nitrogens is 2. The standard InChI is InChI=1S/C24H27F2N5O.C2HF3O2/c1-31(2)22-20-5-3-4-6-21(20)29-24(30-22)28-19-9-7-15(8-10-19)14-27-23(32)16-11-17(25)13-18(26)12-16;3-2(4,5)1(6)7/h3-6,11-13,15,19H,7-10,14H2,1-2H3,(H,27,32)(H,28,29,30);(H,6,7). The van der Waals surface area contributed by atoms with E-state index >= 15 is 0 Å². The average Bonchev–Trinajstić information content (AvgIpc) is 2.86. The number of halogens is 5. The summed E-state index contributed by atoms with van der Waals surface area (Å²) < 4.78 is 58.4. The van der Waals surface area contributed by atoms with E-state index in [9.17, 15) is 26.7 Å². The minimum atomic E-state index is -5.08. The van der Waals surface area contributed by atoms with Gasteiger partial charge in [-0.15, -0.1) is 0 Å². The third-order valence-electron chi connectivity index (χ3n) is 6.11. The Hall–Kier alpha value is -4.03. The maximum atomic E-state index is 13.3. The number of aliphatic carboxylic acids is 1. The fourth-order valence-corrected chi connectivity index (χ4v) is 4.18. The number of carbonyl (C=O) groups is 2. The predicted molar refractivity (Wildman–Crippen MR) is 136 cm³/mol. The molecule has 1 aliphatic carbocycles. The zero-order chi connectivity index (χ0) is 28.7. The first kappa shape index (κ1) is 29.5. The van der Waals surface area contributed by atoms with E-state index in [-0.39, 0.29) is 11.6 Å². The molecule has 3 N–H and O–H groups in total. The number of benzene rings is 2. The second-order valence-electron chi connectivity index (χ2n) is 9.32. The number of hydrogen-bond acceptors (Lipinski definition) is 6. The molecule has 0 radical (unpaired) electrons. The zero-order valence-corrected chi connectivity index (χ0v) is 21.2. The third-order valence-corrected chi connectivity index (χ3v) is 6.11. The number of alkyl halides is 3. The highest BCUT2D eigenvalue weighted by molar-refractivity contribution is 5.94. The number of fused-ring (bicyclic) bond motifs is 1. The minimum Gasteiger partial charge on any atom is -0.475 e. The number of carboxylic acids is 1. The number of para-hydroxylation sites is 1. The molecule has 1 aliphatic rings. The van der Waals surface area contributed by atoms with Gasteiger partial charge < -0.3 is 20.6 Å². The van der Waals surface area contributed by atoms with Gasteiger partial charge in [-0.1, -0.05) is 12.1 Å². The van der Waals surface area contributed by atoms with Gasteiger partial charge in [-0.05, 0) is 55.9 Å². The molecule has 1 amide bonds. The molecular weight excluding hydrogens is 525 g/mol. The van der Waals surface area contributed by atoms with Crippen molar-refractivity contribution in [1.82, 2.24) is 15.3 Å². The lowest BCUT2D eigenvalue weighted by atomic mass is 9.86. The minimum absolute atomic E-state index is 0.00278. The Bertz CT molecular complexity index is 1290. The molecule has 1 aromatic heterocycles. The van der Waals surface area contributed by atoms with Crippen molar-refractivity contribution in [3.05, 3.63) is 59.7 Å². The van der Waals surface area contributed by atoms with Crippen molar-refractivity contribution in [3.63, 3.8) is 0 Å². The molecule has 1 heterocycles. The number of amides is 1. The van der Waals surface area contributed by atoms with E-state index in [0.717, 1.165) is 60.6 Å². The molecule has 0 unspecified atom stereocenters. The van der Waals surface area contributed by atoms with Gasteiger partial charge in [0.05, 0.1) is 5.52 Å². The van der Waals surface area contributed by atoms with E-state index in [2.05, 4.69) is 15.6 Å². The van der Waals surface area contributed by atoms with E-state index in [4.69, 9.17) is 14.9 Å². The van der Waals surface area contributed by atoms with Crippen LogP contribution in [0.4, 0.5) is 33.7 Å². The quantitative estimate of drug-likeness (QED) is 0.369. The number of nitrogens with one attached hydrogen (secondary N) is 2. The fraction of sp³-hybridized carbons (Fsp3) is 0.385. The normalized spacial score (nSPS) is 17.1. The lowest BCUT2D eigenvalue weighted by molar-refractivity contribution is -0.192. The van der Waals surface area contributed by atoms with Crippen LogP contribution in [0.5, 0.6) is 0 Å². The maximum absolute atomic E-state index is 13.3. The van der Waals surface area contributed by atoms with Crippen molar-refractivity contribution < 1.29 is 36.6 Å². The number of nitrogens with zero attached hydrogens (tertiary/aromatic N) is 3. The van der Waals surface area contributed by atoms with Gasteiger partial charge in [0.15, 0.2) is 0 Å². The van der Waals surface area contributed by atoms with Gasteiger partial charge >= 0.3 is 12.1 Å². The van der Waals surface area contributed by atoms with Gasteiger partial charge in [0, 0.05) is 43.7 Å². The number of carbonyl (C=O) groups excluding carboxylic acids is 1. The molecule has 8 nitrogen and oxygen atoms in total. The molecule has 0 aliphatic heterocycles. The molecule has 3 aromatic rings. The molecule has 0 spiro atoms. The van der Waals surface area contributed by atoms with E-state index in [1.54, 1.807) is 0 Å². The predicted octanol–water partition coefficient (Wildman–Crippen LogP) is 5.01. The Morgan fingerprint density at radius 3 is 2.15 bits per heavy atom. The number of rotatable bonds is 6. The van der Waals surface area contributed by atoms with Crippen LogP contribution in [-0.2, 0) is 4.79 Å². The van der Waals surface area contributed by atoms with Crippen LogP contribution in [0, 0.1) is 17.6 Å². The van der Waals surface area contributed by atoms with Gasteiger partial charge in [-0.2, -0.15) is 18.2 Å². The molecule has 0 bridgehead atoms. The van der Waals surface area contributed by atoms with Crippen LogP contribution >= 0.6 is 0 Å². The molecule has 0 saturated heterocycles. The average molecular weight is 554 g/mol. The summed E-state index contributed by atoms with van der Waals surface area (Å²) in [4.78, 5) is 32.5. The summed E-state index contributed by atoms with van der Waals surface area (Å²) in [6, 6.07) is 11.1. The van der Waals surface area contributed by atoms with Crippen LogP contribution in [0.3, 0.4) is 0 Å². The van der Waals surface area contributed by atoms with Gasteiger partial charge in [-0.3, -0.25) is 4.79 Å². The highest BCUT2D eigenvalue weighted by Crippen LogP contribution is 2.28.